The van der Waals surface area contributed by atoms with Gasteiger partial charge >= 0.3 is 0 Å². The van der Waals surface area contributed by atoms with Crippen molar-refractivity contribution < 1.29 is 9.18 Å². The lowest BCUT2D eigenvalue weighted by molar-refractivity contribution is -0.113. The molecule has 0 atom stereocenters. The Kier molecular flexibility index (Phi) is 6.30. The molecule has 0 aliphatic rings. The molecule has 1 amide bonds. The summed E-state index contributed by atoms with van der Waals surface area (Å²) in [6, 6.07) is 16.9. The molecule has 8 heteroatoms. The number of amides is 1. The van der Waals surface area contributed by atoms with Gasteiger partial charge in [0, 0.05) is 10.7 Å². The van der Waals surface area contributed by atoms with Crippen molar-refractivity contribution in [3.8, 4) is 5.69 Å². The lowest BCUT2D eigenvalue weighted by Gasteiger charge is -2.15. The van der Waals surface area contributed by atoms with Crippen LogP contribution in [0.3, 0.4) is 0 Å². The maximum Gasteiger partial charge on any atom is 0.266 e. The number of nitrogens with one attached hydrogen (secondary N) is 1. The van der Waals surface area contributed by atoms with E-state index in [0.29, 0.717) is 38.0 Å². The van der Waals surface area contributed by atoms with Gasteiger partial charge in [-0.15, -0.1) is 0 Å². The van der Waals surface area contributed by atoms with Gasteiger partial charge in [0.15, 0.2) is 5.16 Å². The van der Waals surface area contributed by atoms with Crippen molar-refractivity contribution >= 4 is 45.9 Å². The summed E-state index contributed by atoms with van der Waals surface area (Å²) in [4.78, 5) is 30.5. The summed E-state index contributed by atoms with van der Waals surface area (Å²) < 4.78 is 15.2. The van der Waals surface area contributed by atoms with Crippen LogP contribution in [0.25, 0.3) is 16.6 Å². The van der Waals surface area contributed by atoms with E-state index in [4.69, 9.17) is 11.6 Å². The smallest absolute Gasteiger partial charge is 0.266 e. The third-order valence-electron chi connectivity index (χ3n) is 5.01. The topological polar surface area (TPSA) is 64.0 Å². The fourth-order valence-corrected chi connectivity index (χ4v) is 4.23. The first-order valence-corrected chi connectivity index (χ1v) is 11.2. The van der Waals surface area contributed by atoms with Crippen LogP contribution < -0.4 is 10.9 Å². The van der Waals surface area contributed by atoms with Crippen LogP contribution in [0.5, 0.6) is 0 Å². The van der Waals surface area contributed by atoms with Gasteiger partial charge in [-0.2, -0.15) is 0 Å². The van der Waals surface area contributed by atoms with Gasteiger partial charge in [-0.1, -0.05) is 47.6 Å². The van der Waals surface area contributed by atoms with Gasteiger partial charge in [0.1, 0.15) is 5.82 Å². The van der Waals surface area contributed by atoms with E-state index >= 15 is 0 Å². The minimum Gasteiger partial charge on any atom is -0.325 e. The molecule has 0 fully saturated rings. The number of nitrogens with zero attached hydrogens (tertiary/aromatic N) is 2. The number of carbonyl (C=O) groups excluding carboxylic acids is 1. The summed E-state index contributed by atoms with van der Waals surface area (Å²) in [5.74, 6) is -0.744. The van der Waals surface area contributed by atoms with Crippen molar-refractivity contribution in [2.75, 3.05) is 11.1 Å². The van der Waals surface area contributed by atoms with E-state index in [0.717, 1.165) is 17.3 Å². The molecule has 0 unspecified atom stereocenters. The number of carbonyl (C=O) groups is 1. The number of anilines is 1. The highest BCUT2D eigenvalue weighted by atomic mass is 35.5. The molecule has 0 aliphatic carbocycles. The van der Waals surface area contributed by atoms with Crippen molar-refractivity contribution in [1.82, 2.24) is 9.55 Å². The molecular formula is C24H19ClFN3O2S. The second-order valence-electron chi connectivity index (χ2n) is 7.24. The Hall–Kier alpha value is -3.16. The Morgan fingerprint density at radius 1 is 1.12 bits per heavy atom. The quantitative estimate of drug-likeness (QED) is 0.310. The maximum atomic E-state index is 13.8. The third-order valence-corrected chi connectivity index (χ3v) is 6.36. The fourth-order valence-electron chi connectivity index (χ4n) is 3.26. The van der Waals surface area contributed by atoms with Crippen LogP contribution in [0.4, 0.5) is 10.1 Å². The second kappa shape index (κ2) is 9.14. The number of rotatable bonds is 5. The van der Waals surface area contributed by atoms with Gasteiger partial charge in [0.2, 0.25) is 5.91 Å². The van der Waals surface area contributed by atoms with Crippen molar-refractivity contribution in [2.24, 2.45) is 0 Å². The average Bonchev–Trinajstić information content (AvgIpc) is 2.77. The molecule has 0 bridgehead atoms. The number of aromatic nitrogens is 2. The zero-order chi connectivity index (χ0) is 22.8. The van der Waals surface area contributed by atoms with Crippen molar-refractivity contribution in [2.45, 2.75) is 19.0 Å². The Labute approximate surface area is 193 Å². The Morgan fingerprint density at radius 3 is 2.69 bits per heavy atom. The first-order chi connectivity index (χ1) is 15.3. The maximum absolute atomic E-state index is 13.8. The van der Waals surface area contributed by atoms with Gasteiger partial charge in [-0.25, -0.2) is 9.37 Å². The van der Waals surface area contributed by atoms with E-state index in [2.05, 4.69) is 10.3 Å². The van der Waals surface area contributed by atoms with Crippen LogP contribution in [0.1, 0.15) is 11.1 Å². The van der Waals surface area contributed by atoms with E-state index in [1.807, 2.05) is 6.92 Å². The molecule has 1 heterocycles. The second-order valence-corrected chi connectivity index (χ2v) is 8.59. The number of benzene rings is 3. The first kappa shape index (κ1) is 22.0. The number of aryl methyl sites for hydroxylation is 1. The van der Waals surface area contributed by atoms with Crippen LogP contribution in [0.2, 0.25) is 5.02 Å². The SMILES string of the molecule is Cc1ccc(NC(=O)CSc2nc3ccccc3c(=O)n2-c2cccc(Cl)c2C)cc1F. The van der Waals surface area contributed by atoms with Crippen LogP contribution in [0, 0.1) is 19.7 Å². The van der Waals surface area contributed by atoms with Crippen LogP contribution >= 0.6 is 23.4 Å². The molecule has 5 nitrogen and oxygen atoms in total. The highest BCUT2D eigenvalue weighted by molar-refractivity contribution is 7.99. The molecule has 3 aromatic carbocycles. The Balaban J connectivity index is 1.70. The van der Waals surface area contributed by atoms with Crippen LogP contribution in [0.15, 0.2) is 70.6 Å². The number of hydrogen-bond donors (Lipinski definition) is 1. The lowest BCUT2D eigenvalue weighted by Crippen LogP contribution is -2.23. The van der Waals surface area contributed by atoms with E-state index in [-0.39, 0.29) is 17.2 Å². The normalized spacial score (nSPS) is 11.0. The predicted octanol–water partition coefficient (Wildman–Crippen LogP) is 5.53. The molecule has 1 aromatic heterocycles. The van der Waals surface area contributed by atoms with Crippen molar-refractivity contribution in [3.05, 3.63) is 93.0 Å². The van der Waals surface area contributed by atoms with Gasteiger partial charge < -0.3 is 5.32 Å². The molecule has 162 valence electrons. The van der Waals surface area contributed by atoms with Gasteiger partial charge in [0.25, 0.3) is 5.56 Å². The first-order valence-electron chi connectivity index (χ1n) is 9.81. The number of fused-ring (bicyclic) bond motifs is 1. The number of hydrogen-bond acceptors (Lipinski definition) is 4. The molecule has 0 radical (unpaired) electrons. The summed E-state index contributed by atoms with van der Waals surface area (Å²) in [6.07, 6.45) is 0. The van der Waals surface area contributed by atoms with E-state index in [9.17, 15) is 14.0 Å². The minimum atomic E-state index is -0.392. The number of para-hydroxylation sites is 1. The summed E-state index contributed by atoms with van der Waals surface area (Å²) in [5, 5.41) is 4.03. The lowest BCUT2D eigenvalue weighted by atomic mass is 10.2. The molecule has 0 aliphatic heterocycles. The van der Waals surface area contributed by atoms with E-state index in [1.54, 1.807) is 61.5 Å². The van der Waals surface area contributed by atoms with Crippen molar-refractivity contribution in [1.29, 1.82) is 0 Å². The summed E-state index contributed by atoms with van der Waals surface area (Å²) >= 11 is 7.41. The van der Waals surface area contributed by atoms with E-state index < -0.39 is 5.82 Å². The summed E-state index contributed by atoms with van der Waals surface area (Å²) in [5.41, 5.74) is 2.49. The molecule has 32 heavy (non-hydrogen) atoms. The molecule has 0 spiro atoms. The third kappa shape index (κ3) is 4.40. The zero-order valence-electron chi connectivity index (χ0n) is 17.4. The average molecular weight is 468 g/mol. The van der Waals surface area contributed by atoms with Crippen LogP contribution in [-0.4, -0.2) is 21.2 Å². The Bertz CT molecular complexity index is 1400. The summed E-state index contributed by atoms with van der Waals surface area (Å²) in [6.45, 7) is 3.48. The molecule has 0 saturated carbocycles. The highest BCUT2D eigenvalue weighted by Crippen LogP contribution is 2.26. The fraction of sp³-hybridized carbons (Fsp3) is 0.125. The van der Waals surface area contributed by atoms with Crippen molar-refractivity contribution in [3.63, 3.8) is 0 Å². The minimum absolute atomic E-state index is 0.0140. The van der Waals surface area contributed by atoms with Gasteiger partial charge in [-0.05, 0) is 61.4 Å². The molecular weight excluding hydrogens is 449 g/mol. The Morgan fingerprint density at radius 2 is 1.91 bits per heavy atom. The molecule has 4 rings (SSSR count). The molecule has 1 N–H and O–H groups in total. The number of halogens is 2. The molecule has 0 saturated heterocycles. The van der Waals surface area contributed by atoms with Crippen LogP contribution in [-0.2, 0) is 4.79 Å². The van der Waals surface area contributed by atoms with E-state index in [1.165, 1.54) is 10.6 Å². The monoisotopic (exact) mass is 467 g/mol. The zero-order valence-corrected chi connectivity index (χ0v) is 18.9. The highest BCUT2D eigenvalue weighted by Gasteiger charge is 2.17. The van der Waals surface area contributed by atoms with Gasteiger partial charge in [0.05, 0.1) is 22.3 Å². The number of thioether (sulfide) groups is 1. The molecule has 4 aromatic rings. The largest absolute Gasteiger partial charge is 0.325 e. The summed E-state index contributed by atoms with van der Waals surface area (Å²) in [7, 11) is 0. The van der Waals surface area contributed by atoms with Gasteiger partial charge in [-0.3, -0.25) is 14.2 Å². The predicted molar refractivity (Wildman–Crippen MR) is 128 cm³/mol. The standard InChI is InChI=1S/C24H19ClFN3O2S/c1-14-10-11-16(12-19(14)26)27-22(30)13-32-24-28-20-8-4-3-6-17(20)23(31)29(24)21-9-5-7-18(25)15(21)2/h3-12H,13H2,1-2H3,(H,27,30).